The van der Waals surface area contributed by atoms with Gasteiger partial charge in [0, 0.05) is 6.42 Å². The maximum atomic E-state index is 12.2. The van der Waals surface area contributed by atoms with Crippen molar-refractivity contribution >= 4 is 15.9 Å². The van der Waals surface area contributed by atoms with Gasteiger partial charge in [-0.3, -0.25) is 4.79 Å². The van der Waals surface area contributed by atoms with Crippen LogP contribution in [0.15, 0.2) is 27.5 Å². The number of nitrogens with two attached hydrogens (primary N) is 1. The van der Waals surface area contributed by atoms with Gasteiger partial charge in [-0.15, -0.1) is 10.2 Å². The highest BCUT2D eigenvalue weighted by molar-refractivity contribution is 7.89. The predicted octanol–water partition coefficient (Wildman–Crippen LogP) is 0.218. The Kier molecular flexibility index (Phi) is 4.96. The summed E-state index contributed by atoms with van der Waals surface area (Å²) in [5.74, 6) is 0.373. The van der Waals surface area contributed by atoms with Crippen LogP contribution in [-0.2, 0) is 23.0 Å². The second-order valence-electron chi connectivity index (χ2n) is 4.53. The van der Waals surface area contributed by atoms with E-state index in [4.69, 9.17) is 14.3 Å². The van der Waals surface area contributed by atoms with Crippen molar-refractivity contribution < 1.29 is 22.4 Å². The van der Waals surface area contributed by atoms with Crippen molar-refractivity contribution in [3.05, 3.63) is 35.5 Å². The molecule has 0 saturated heterocycles. The molecule has 1 amide bonds. The van der Waals surface area contributed by atoms with E-state index in [9.17, 15) is 13.2 Å². The second kappa shape index (κ2) is 6.75. The summed E-state index contributed by atoms with van der Waals surface area (Å²) in [6.07, 6.45) is 0.588. The van der Waals surface area contributed by atoms with Crippen molar-refractivity contribution in [1.29, 1.82) is 0 Å². The van der Waals surface area contributed by atoms with Gasteiger partial charge in [0.15, 0.2) is 0 Å². The van der Waals surface area contributed by atoms with Crippen molar-refractivity contribution in [2.45, 2.75) is 24.8 Å². The number of carbonyl (C=O) groups is 1. The largest absolute Gasteiger partial charge is 0.496 e. The van der Waals surface area contributed by atoms with Gasteiger partial charge >= 0.3 is 0 Å². The Bertz CT molecular complexity index is 816. The number of rotatable bonds is 6. The number of amides is 1. The summed E-state index contributed by atoms with van der Waals surface area (Å²) in [4.78, 5) is 12.1. The molecule has 0 atom stereocenters. The van der Waals surface area contributed by atoms with E-state index < -0.39 is 15.9 Å². The van der Waals surface area contributed by atoms with Gasteiger partial charge in [-0.2, -0.15) is 0 Å². The summed E-state index contributed by atoms with van der Waals surface area (Å²) in [7, 11) is -2.56. The van der Waals surface area contributed by atoms with Gasteiger partial charge in [0.2, 0.25) is 21.8 Å². The number of carbonyl (C=O) groups excluding carboxylic acids is 1. The van der Waals surface area contributed by atoms with Crippen molar-refractivity contribution in [3.63, 3.8) is 0 Å². The SMILES string of the molecule is CCc1nnc(CNC(=O)c2cc(S(N)(=O)=O)ccc2OC)o1. The van der Waals surface area contributed by atoms with Crippen LogP contribution in [0.3, 0.4) is 0 Å². The molecule has 0 unspecified atom stereocenters. The fourth-order valence-corrected chi connectivity index (χ4v) is 2.34. The molecule has 1 heterocycles. The maximum Gasteiger partial charge on any atom is 0.255 e. The number of hydrogen-bond acceptors (Lipinski definition) is 7. The maximum absolute atomic E-state index is 12.2. The molecule has 0 spiro atoms. The van der Waals surface area contributed by atoms with E-state index in [-0.39, 0.29) is 28.6 Å². The molecule has 0 fully saturated rings. The summed E-state index contributed by atoms with van der Waals surface area (Å²) < 4.78 is 33.1. The zero-order valence-corrected chi connectivity index (χ0v) is 13.4. The normalized spacial score (nSPS) is 11.3. The third kappa shape index (κ3) is 4.05. The van der Waals surface area contributed by atoms with Crippen LogP contribution in [-0.4, -0.2) is 31.6 Å². The molecule has 0 aliphatic carbocycles. The van der Waals surface area contributed by atoms with Gasteiger partial charge in [0.25, 0.3) is 5.91 Å². The molecule has 3 N–H and O–H groups in total. The van der Waals surface area contributed by atoms with Crippen LogP contribution in [0.1, 0.15) is 29.1 Å². The van der Waals surface area contributed by atoms with Gasteiger partial charge in [0.1, 0.15) is 5.75 Å². The fourth-order valence-electron chi connectivity index (χ4n) is 1.80. The van der Waals surface area contributed by atoms with E-state index in [0.717, 1.165) is 6.07 Å². The number of hydrogen-bond donors (Lipinski definition) is 2. The zero-order valence-electron chi connectivity index (χ0n) is 12.6. The topological polar surface area (TPSA) is 137 Å². The third-order valence-corrected chi connectivity index (χ3v) is 3.87. The lowest BCUT2D eigenvalue weighted by atomic mass is 10.2. The molecule has 1 aromatic carbocycles. The minimum absolute atomic E-state index is 0.00852. The van der Waals surface area contributed by atoms with Gasteiger partial charge < -0.3 is 14.5 Å². The first-order valence-corrected chi connectivity index (χ1v) is 8.20. The number of methoxy groups -OCH3 is 1. The van der Waals surface area contributed by atoms with Crippen LogP contribution in [0.25, 0.3) is 0 Å². The highest BCUT2D eigenvalue weighted by atomic mass is 32.2. The van der Waals surface area contributed by atoms with Gasteiger partial charge in [-0.1, -0.05) is 6.92 Å². The van der Waals surface area contributed by atoms with Gasteiger partial charge in [-0.25, -0.2) is 13.6 Å². The molecule has 0 aliphatic rings. The summed E-state index contributed by atoms with van der Waals surface area (Å²) in [6.45, 7) is 1.87. The van der Waals surface area contributed by atoms with Crippen LogP contribution in [0.2, 0.25) is 0 Å². The molecular weight excluding hydrogens is 324 g/mol. The monoisotopic (exact) mass is 340 g/mol. The van der Waals surface area contributed by atoms with Crippen molar-refractivity contribution in [2.24, 2.45) is 5.14 Å². The Labute approximate surface area is 132 Å². The highest BCUT2D eigenvalue weighted by Crippen LogP contribution is 2.22. The number of nitrogens with one attached hydrogen (secondary N) is 1. The number of benzene rings is 1. The van der Waals surface area contributed by atoms with Crippen LogP contribution < -0.4 is 15.2 Å². The first-order chi connectivity index (χ1) is 10.8. The van der Waals surface area contributed by atoms with E-state index in [2.05, 4.69) is 15.5 Å². The quantitative estimate of drug-likeness (QED) is 0.767. The smallest absolute Gasteiger partial charge is 0.255 e. The Morgan fingerprint density at radius 1 is 1.35 bits per heavy atom. The lowest BCUT2D eigenvalue weighted by Gasteiger charge is -2.09. The molecule has 9 nitrogen and oxygen atoms in total. The van der Waals surface area contributed by atoms with Crippen LogP contribution >= 0.6 is 0 Å². The summed E-state index contributed by atoms with van der Waals surface area (Å²) in [5.41, 5.74) is 0.0363. The standard InChI is InChI=1S/C13H16N4O5S/c1-3-11-16-17-12(22-11)7-15-13(18)9-6-8(23(14,19)20)4-5-10(9)21-2/h4-6H,3,7H2,1-2H3,(H,15,18)(H2,14,19,20). The summed E-state index contributed by atoms with van der Waals surface area (Å²) in [6, 6.07) is 3.77. The zero-order chi connectivity index (χ0) is 17.0. The molecule has 0 radical (unpaired) electrons. The van der Waals surface area contributed by atoms with E-state index in [0.29, 0.717) is 12.3 Å². The number of nitrogens with zero attached hydrogens (tertiary/aromatic N) is 2. The lowest BCUT2D eigenvalue weighted by Crippen LogP contribution is -2.24. The fraction of sp³-hybridized carbons (Fsp3) is 0.308. The van der Waals surface area contributed by atoms with Gasteiger partial charge in [-0.05, 0) is 18.2 Å². The Morgan fingerprint density at radius 3 is 2.61 bits per heavy atom. The first-order valence-electron chi connectivity index (χ1n) is 6.65. The summed E-state index contributed by atoms with van der Waals surface area (Å²) in [5, 5.41) is 15.2. The number of primary sulfonamides is 1. The Morgan fingerprint density at radius 2 is 2.04 bits per heavy atom. The van der Waals surface area contributed by atoms with Gasteiger partial charge in [0.05, 0.1) is 24.1 Å². The van der Waals surface area contributed by atoms with E-state index in [1.54, 1.807) is 0 Å². The Balaban J connectivity index is 2.20. The van der Waals surface area contributed by atoms with E-state index >= 15 is 0 Å². The average Bonchev–Trinajstić information content (AvgIpc) is 2.99. The molecule has 2 rings (SSSR count). The number of sulfonamides is 1. The van der Waals surface area contributed by atoms with E-state index in [1.165, 1.54) is 19.2 Å². The number of aromatic nitrogens is 2. The molecule has 0 saturated carbocycles. The first kappa shape index (κ1) is 16.9. The average molecular weight is 340 g/mol. The number of aryl methyl sites for hydroxylation is 1. The number of ether oxygens (including phenoxy) is 1. The minimum Gasteiger partial charge on any atom is -0.496 e. The molecule has 23 heavy (non-hydrogen) atoms. The van der Waals surface area contributed by atoms with Crippen molar-refractivity contribution in [2.75, 3.05) is 7.11 Å². The summed E-state index contributed by atoms with van der Waals surface area (Å²) >= 11 is 0. The third-order valence-electron chi connectivity index (χ3n) is 2.96. The van der Waals surface area contributed by atoms with Crippen molar-refractivity contribution in [3.8, 4) is 5.75 Å². The minimum atomic E-state index is -3.93. The molecule has 124 valence electrons. The van der Waals surface area contributed by atoms with Crippen LogP contribution in [0.4, 0.5) is 0 Å². The molecule has 0 bridgehead atoms. The van der Waals surface area contributed by atoms with Crippen molar-refractivity contribution in [1.82, 2.24) is 15.5 Å². The predicted molar refractivity (Wildman–Crippen MR) is 79.2 cm³/mol. The van der Waals surface area contributed by atoms with Crippen LogP contribution in [0.5, 0.6) is 5.75 Å². The lowest BCUT2D eigenvalue weighted by molar-refractivity contribution is 0.0944. The molecule has 0 aliphatic heterocycles. The molecular formula is C13H16N4O5S. The highest BCUT2D eigenvalue weighted by Gasteiger charge is 2.18. The van der Waals surface area contributed by atoms with Crippen LogP contribution in [0, 0.1) is 0 Å². The molecule has 2 aromatic rings. The molecule has 1 aromatic heterocycles. The molecule has 10 heteroatoms. The second-order valence-corrected chi connectivity index (χ2v) is 6.09. The van der Waals surface area contributed by atoms with E-state index in [1.807, 2.05) is 6.92 Å². The Hall–Kier alpha value is -2.46.